The van der Waals surface area contributed by atoms with E-state index in [9.17, 15) is 4.79 Å². The summed E-state index contributed by atoms with van der Waals surface area (Å²) in [4.78, 5) is 20.7. The van der Waals surface area contributed by atoms with Gasteiger partial charge >= 0.3 is 0 Å². The number of rotatable bonds is 3. The maximum Gasteiger partial charge on any atom is 0.231 e. The van der Waals surface area contributed by atoms with Crippen molar-refractivity contribution in [2.45, 2.75) is 25.7 Å². The van der Waals surface area contributed by atoms with Gasteiger partial charge in [-0.1, -0.05) is 43.2 Å². The van der Waals surface area contributed by atoms with Gasteiger partial charge in [0.1, 0.15) is 17.9 Å². The van der Waals surface area contributed by atoms with Crippen molar-refractivity contribution in [3.05, 3.63) is 42.7 Å². The van der Waals surface area contributed by atoms with Crippen LogP contribution in [0.2, 0.25) is 0 Å². The molecule has 116 valence electrons. The van der Waals surface area contributed by atoms with Crippen molar-refractivity contribution in [2.24, 2.45) is 5.92 Å². The lowest BCUT2D eigenvalue weighted by molar-refractivity contribution is -0.119. The molecule has 23 heavy (non-hydrogen) atoms. The lowest BCUT2D eigenvalue weighted by Gasteiger charge is -2.09. The molecular formula is C18H17N3O2. The van der Waals surface area contributed by atoms with Crippen molar-refractivity contribution < 1.29 is 9.21 Å². The summed E-state index contributed by atoms with van der Waals surface area (Å²) in [5.74, 6) is 1.39. The molecule has 5 nitrogen and oxygen atoms in total. The monoisotopic (exact) mass is 307 g/mol. The fraction of sp³-hybridized carbons (Fsp3) is 0.278. The summed E-state index contributed by atoms with van der Waals surface area (Å²) in [6.07, 6.45) is 5.59. The first-order valence-corrected chi connectivity index (χ1v) is 7.92. The number of benzene rings is 1. The van der Waals surface area contributed by atoms with E-state index in [0.29, 0.717) is 11.5 Å². The summed E-state index contributed by atoms with van der Waals surface area (Å²) in [5, 5.41) is 3.68. The number of carbonyl (C=O) groups excluding carboxylic acids is 1. The highest BCUT2D eigenvalue weighted by molar-refractivity contribution is 6.00. The highest BCUT2D eigenvalue weighted by Crippen LogP contribution is 2.31. The van der Waals surface area contributed by atoms with Crippen LogP contribution in [0.1, 0.15) is 25.7 Å². The van der Waals surface area contributed by atoms with Gasteiger partial charge in [-0.25, -0.2) is 9.97 Å². The van der Waals surface area contributed by atoms with Crippen LogP contribution in [0.3, 0.4) is 0 Å². The van der Waals surface area contributed by atoms with Crippen molar-refractivity contribution in [3.63, 3.8) is 0 Å². The largest absolute Gasteiger partial charge is 0.438 e. The average Bonchev–Trinajstić information content (AvgIpc) is 3.26. The quantitative estimate of drug-likeness (QED) is 0.793. The van der Waals surface area contributed by atoms with E-state index in [1.807, 2.05) is 36.4 Å². The Balaban J connectivity index is 1.67. The van der Waals surface area contributed by atoms with Crippen LogP contribution in [0.15, 0.2) is 47.1 Å². The molecule has 1 amide bonds. The van der Waals surface area contributed by atoms with Crippen molar-refractivity contribution in [2.75, 3.05) is 5.32 Å². The molecule has 0 unspecified atom stereocenters. The normalized spacial score (nSPS) is 15.1. The van der Waals surface area contributed by atoms with Crippen molar-refractivity contribution >= 4 is 22.8 Å². The third-order valence-corrected chi connectivity index (χ3v) is 4.36. The molecule has 2 aromatic heterocycles. The van der Waals surface area contributed by atoms with E-state index in [-0.39, 0.29) is 11.8 Å². The molecule has 3 aromatic rings. The molecule has 1 fully saturated rings. The minimum absolute atomic E-state index is 0.0463. The van der Waals surface area contributed by atoms with Crippen molar-refractivity contribution in [1.29, 1.82) is 0 Å². The molecule has 0 saturated heterocycles. The van der Waals surface area contributed by atoms with E-state index in [0.717, 1.165) is 42.4 Å². The molecule has 0 radical (unpaired) electrons. The van der Waals surface area contributed by atoms with Gasteiger partial charge in [-0.3, -0.25) is 4.79 Å². The predicted molar refractivity (Wildman–Crippen MR) is 87.8 cm³/mol. The number of furan rings is 1. The maximum atomic E-state index is 12.3. The molecule has 0 atom stereocenters. The van der Waals surface area contributed by atoms with Gasteiger partial charge in [0.15, 0.2) is 0 Å². The molecule has 2 heterocycles. The third kappa shape index (κ3) is 2.70. The van der Waals surface area contributed by atoms with E-state index < -0.39 is 0 Å². The summed E-state index contributed by atoms with van der Waals surface area (Å²) in [6, 6.07) is 11.7. The molecule has 0 bridgehead atoms. The standard InChI is InChI=1S/C18H17N3O2/c22-17(13-8-4-5-9-13)21-16-14-10-15(12-6-2-1-3-7-12)23-18(14)20-11-19-16/h1-3,6-7,10-11,13H,4-5,8-9H2,(H,19,20,21,22). The summed E-state index contributed by atoms with van der Waals surface area (Å²) >= 11 is 0. The summed E-state index contributed by atoms with van der Waals surface area (Å²) in [7, 11) is 0. The highest BCUT2D eigenvalue weighted by atomic mass is 16.3. The number of carbonyl (C=O) groups is 1. The van der Waals surface area contributed by atoms with Crippen LogP contribution in [-0.2, 0) is 4.79 Å². The lowest BCUT2D eigenvalue weighted by atomic mass is 10.1. The number of fused-ring (bicyclic) bond motifs is 1. The van der Waals surface area contributed by atoms with E-state index in [1.165, 1.54) is 6.33 Å². The van der Waals surface area contributed by atoms with Gasteiger partial charge < -0.3 is 9.73 Å². The zero-order valence-corrected chi connectivity index (χ0v) is 12.7. The number of anilines is 1. The van der Waals surface area contributed by atoms with Gasteiger partial charge in [-0.15, -0.1) is 0 Å². The second-order valence-electron chi connectivity index (χ2n) is 5.89. The van der Waals surface area contributed by atoms with Gasteiger partial charge in [0, 0.05) is 11.5 Å². The van der Waals surface area contributed by atoms with E-state index in [1.54, 1.807) is 0 Å². The first kappa shape index (κ1) is 13.9. The highest BCUT2D eigenvalue weighted by Gasteiger charge is 2.24. The van der Waals surface area contributed by atoms with Gasteiger partial charge in [0.05, 0.1) is 5.39 Å². The van der Waals surface area contributed by atoms with E-state index in [2.05, 4.69) is 15.3 Å². The smallest absolute Gasteiger partial charge is 0.231 e. The Hall–Kier alpha value is -2.69. The van der Waals surface area contributed by atoms with E-state index >= 15 is 0 Å². The van der Waals surface area contributed by atoms with Crippen molar-refractivity contribution in [1.82, 2.24) is 9.97 Å². The van der Waals surface area contributed by atoms with Crippen LogP contribution in [-0.4, -0.2) is 15.9 Å². The number of aromatic nitrogens is 2. The summed E-state index contributed by atoms with van der Waals surface area (Å²) in [5.41, 5.74) is 1.46. The van der Waals surface area contributed by atoms with Crippen molar-refractivity contribution in [3.8, 4) is 11.3 Å². The van der Waals surface area contributed by atoms with Crippen LogP contribution in [0, 0.1) is 5.92 Å². The molecule has 4 rings (SSSR count). The number of nitrogens with zero attached hydrogens (tertiary/aromatic N) is 2. The third-order valence-electron chi connectivity index (χ3n) is 4.36. The molecule has 5 heteroatoms. The van der Waals surface area contributed by atoms with Crippen LogP contribution >= 0.6 is 0 Å². The number of nitrogens with one attached hydrogen (secondary N) is 1. The van der Waals surface area contributed by atoms with Gasteiger partial charge in [-0.05, 0) is 18.9 Å². The van der Waals surface area contributed by atoms with Crippen LogP contribution in [0.5, 0.6) is 0 Å². The predicted octanol–water partition coefficient (Wildman–Crippen LogP) is 4.02. The van der Waals surface area contributed by atoms with Crippen LogP contribution in [0.25, 0.3) is 22.4 Å². The Kier molecular flexibility index (Phi) is 3.54. The minimum atomic E-state index is 0.0463. The Morgan fingerprint density at radius 2 is 1.91 bits per heavy atom. The topological polar surface area (TPSA) is 68.0 Å². The van der Waals surface area contributed by atoms with Gasteiger partial charge in [-0.2, -0.15) is 0 Å². The molecule has 1 saturated carbocycles. The van der Waals surface area contributed by atoms with Crippen LogP contribution < -0.4 is 5.32 Å². The molecule has 0 spiro atoms. The zero-order chi connectivity index (χ0) is 15.6. The summed E-state index contributed by atoms with van der Waals surface area (Å²) < 4.78 is 5.80. The molecule has 1 N–H and O–H groups in total. The Bertz CT molecular complexity index is 836. The minimum Gasteiger partial charge on any atom is -0.438 e. The average molecular weight is 307 g/mol. The fourth-order valence-electron chi connectivity index (χ4n) is 3.11. The Morgan fingerprint density at radius 1 is 1.13 bits per heavy atom. The molecule has 1 aromatic carbocycles. The SMILES string of the molecule is O=C(Nc1ncnc2oc(-c3ccccc3)cc12)C1CCCC1. The second-order valence-corrected chi connectivity index (χ2v) is 5.89. The first-order chi connectivity index (χ1) is 11.3. The molecular weight excluding hydrogens is 290 g/mol. The second kappa shape index (κ2) is 5.83. The molecule has 1 aliphatic rings. The fourth-order valence-corrected chi connectivity index (χ4v) is 3.11. The number of hydrogen-bond acceptors (Lipinski definition) is 4. The molecule has 1 aliphatic carbocycles. The van der Waals surface area contributed by atoms with Gasteiger partial charge in [0.25, 0.3) is 0 Å². The number of amides is 1. The van der Waals surface area contributed by atoms with E-state index in [4.69, 9.17) is 4.42 Å². The van der Waals surface area contributed by atoms with Gasteiger partial charge in [0.2, 0.25) is 11.6 Å². The zero-order valence-electron chi connectivity index (χ0n) is 12.7. The molecule has 0 aliphatic heterocycles. The van der Waals surface area contributed by atoms with Crippen LogP contribution in [0.4, 0.5) is 5.82 Å². The number of hydrogen-bond donors (Lipinski definition) is 1. The maximum absolute atomic E-state index is 12.3. The first-order valence-electron chi connectivity index (χ1n) is 7.92. The summed E-state index contributed by atoms with van der Waals surface area (Å²) in [6.45, 7) is 0. The Morgan fingerprint density at radius 3 is 2.70 bits per heavy atom. The Labute approximate surface area is 133 Å². The lowest BCUT2D eigenvalue weighted by Crippen LogP contribution is -2.21.